The molecule has 1 saturated carbocycles. The van der Waals surface area contributed by atoms with E-state index in [0.29, 0.717) is 10.7 Å². The van der Waals surface area contributed by atoms with Gasteiger partial charge in [-0.05, 0) is 38.3 Å². The Labute approximate surface area is 127 Å². The molecule has 3 rings (SSSR count). The molecule has 1 aromatic carbocycles. The van der Waals surface area contributed by atoms with Gasteiger partial charge in [0.1, 0.15) is 6.04 Å². The molecule has 0 N–H and O–H groups in total. The topological polar surface area (TPSA) is 40.6 Å². The van der Waals surface area contributed by atoms with Crippen molar-refractivity contribution in [3.05, 3.63) is 28.2 Å². The van der Waals surface area contributed by atoms with Crippen LogP contribution in [0.25, 0.3) is 0 Å². The molecule has 1 saturated heterocycles. The summed E-state index contributed by atoms with van der Waals surface area (Å²) in [7, 11) is 0. The Morgan fingerprint density at radius 2 is 1.90 bits per heavy atom. The van der Waals surface area contributed by atoms with E-state index in [1.54, 1.807) is 30.0 Å². The van der Waals surface area contributed by atoms with E-state index in [9.17, 15) is 9.59 Å². The molecule has 1 unspecified atom stereocenters. The lowest BCUT2D eigenvalue weighted by Gasteiger charge is -2.35. The summed E-state index contributed by atoms with van der Waals surface area (Å²) in [5.41, 5.74) is 0.364. The minimum Gasteiger partial charge on any atom is -0.309 e. The van der Waals surface area contributed by atoms with Gasteiger partial charge >= 0.3 is 6.03 Å². The van der Waals surface area contributed by atoms with Crippen molar-refractivity contribution in [2.75, 3.05) is 4.90 Å². The van der Waals surface area contributed by atoms with Crippen LogP contribution in [-0.4, -0.2) is 28.9 Å². The predicted molar refractivity (Wildman–Crippen MR) is 78.3 cm³/mol. The van der Waals surface area contributed by atoms with Gasteiger partial charge in [-0.15, -0.1) is 0 Å². The van der Waals surface area contributed by atoms with Gasteiger partial charge < -0.3 is 4.90 Å². The van der Waals surface area contributed by atoms with Crippen LogP contribution in [0.4, 0.5) is 10.5 Å². The van der Waals surface area contributed by atoms with Crippen molar-refractivity contribution in [1.82, 2.24) is 4.90 Å². The van der Waals surface area contributed by atoms with E-state index < -0.39 is 6.04 Å². The monoisotopic (exact) mass is 312 g/mol. The first-order valence-electron chi connectivity index (χ1n) is 6.62. The normalized spacial score (nSPS) is 23.4. The Kier molecular flexibility index (Phi) is 3.38. The van der Waals surface area contributed by atoms with Crippen LogP contribution in [0, 0.1) is 0 Å². The fourth-order valence-corrected chi connectivity index (χ4v) is 3.09. The fraction of sp³-hybridized carbons (Fsp3) is 0.429. The van der Waals surface area contributed by atoms with Crippen molar-refractivity contribution in [3.8, 4) is 0 Å². The highest BCUT2D eigenvalue weighted by atomic mass is 35.5. The smallest absolute Gasteiger partial charge is 0.309 e. The molecule has 0 bridgehead atoms. The second-order valence-electron chi connectivity index (χ2n) is 5.20. The van der Waals surface area contributed by atoms with Crippen molar-refractivity contribution in [2.45, 2.75) is 38.3 Å². The number of carbonyl (C=O) groups is 2. The molecule has 2 aliphatic rings. The summed E-state index contributed by atoms with van der Waals surface area (Å²) in [5, 5.41) is 0.568. The van der Waals surface area contributed by atoms with E-state index in [-0.39, 0.29) is 23.0 Å². The molecule has 6 heteroatoms. The van der Waals surface area contributed by atoms with Crippen molar-refractivity contribution in [3.63, 3.8) is 0 Å². The predicted octanol–water partition coefficient (Wildman–Crippen LogP) is 3.70. The second-order valence-corrected chi connectivity index (χ2v) is 5.98. The van der Waals surface area contributed by atoms with Crippen molar-refractivity contribution in [1.29, 1.82) is 0 Å². The molecule has 0 radical (unpaired) electrons. The highest BCUT2D eigenvalue weighted by Crippen LogP contribution is 2.38. The Balaban J connectivity index is 1.99. The maximum Gasteiger partial charge on any atom is 0.332 e. The molecule has 1 aliphatic heterocycles. The number of rotatable bonds is 2. The van der Waals surface area contributed by atoms with E-state index in [4.69, 9.17) is 23.2 Å². The lowest BCUT2D eigenvalue weighted by atomic mass is 9.91. The largest absolute Gasteiger partial charge is 0.332 e. The van der Waals surface area contributed by atoms with Crippen molar-refractivity contribution >= 4 is 40.8 Å². The maximum absolute atomic E-state index is 12.6. The number of nitrogens with zero attached hydrogens (tertiary/aromatic N) is 2. The first kappa shape index (κ1) is 13.7. The molecule has 3 amide bonds. The Morgan fingerprint density at radius 1 is 1.20 bits per heavy atom. The van der Waals surface area contributed by atoms with Gasteiger partial charge in [-0.25, -0.2) is 9.69 Å². The van der Waals surface area contributed by atoms with Crippen LogP contribution in [0.3, 0.4) is 0 Å². The van der Waals surface area contributed by atoms with Gasteiger partial charge in [0.15, 0.2) is 0 Å². The number of urea groups is 1. The van der Waals surface area contributed by atoms with Gasteiger partial charge in [-0.2, -0.15) is 0 Å². The van der Waals surface area contributed by atoms with E-state index in [1.165, 1.54) is 0 Å². The number of hydrogen-bond acceptors (Lipinski definition) is 2. The number of carbonyl (C=O) groups excluding carboxylic acids is 2. The first-order valence-corrected chi connectivity index (χ1v) is 7.38. The molecular formula is C14H14Cl2N2O2. The van der Waals surface area contributed by atoms with E-state index in [1.807, 2.05) is 0 Å². The molecule has 1 aromatic rings. The number of imide groups is 1. The van der Waals surface area contributed by atoms with Gasteiger partial charge in [-0.3, -0.25) is 4.79 Å². The van der Waals surface area contributed by atoms with Crippen LogP contribution in [0.2, 0.25) is 10.0 Å². The average Bonchev–Trinajstić information content (AvgIpc) is 2.56. The Morgan fingerprint density at radius 3 is 2.50 bits per heavy atom. The lowest BCUT2D eigenvalue weighted by molar-refractivity contribution is -0.119. The number of benzene rings is 1. The first-order chi connectivity index (χ1) is 9.52. The lowest BCUT2D eigenvalue weighted by Crippen LogP contribution is -2.45. The van der Waals surface area contributed by atoms with Crippen LogP contribution in [0.1, 0.15) is 26.2 Å². The highest BCUT2D eigenvalue weighted by Gasteiger charge is 2.48. The summed E-state index contributed by atoms with van der Waals surface area (Å²) < 4.78 is 0. The van der Waals surface area contributed by atoms with Gasteiger partial charge in [0.2, 0.25) is 0 Å². The number of hydrogen-bond donors (Lipinski definition) is 0. The fourth-order valence-electron chi connectivity index (χ4n) is 2.71. The van der Waals surface area contributed by atoms with Gasteiger partial charge in [0.25, 0.3) is 5.91 Å². The van der Waals surface area contributed by atoms with Crippen molar-refractivity contribution < 1.29 is 9.59 Å². The summed E-state index contributed by atoms with van der Waals surface area (Å²) >= 11 is 12.1. The Bertz CT molecular complexity index is 587. The summed E-state index contributed by atoms with van der Waals surface area (Å²) in [6, 6.07) is 4.39. The third kappa shape index (κ3) is 1.90. The zero-order valence-corrected chi connectivity index (χ0v) is 12.5. The quantitative estimate of drug-likeness (QED) is 0.781. The Hall–Kier alpha value is -1.26. The van der Waals surface area contributed by atoms with Gasteiger partial charge in [-0.1, -0.05) is 29.3 Å². The molecule has 1 aliphatic carbocycles. The number of anilines is 1. The average molecular weight is 313 g/mol. The molecule has 106 valence electrons. The summed E-state index contributed by atoms with van der Waals surface area (Å²) in [4.78, 5) is 27.8. The minimum absolute atomic E-state index is 0.171. The van der Waals surface area contributed by atoms with Crippen LogP contribution in [-0.2, 0) is 4.79 Å². The van der Waals surface area contributed by atoms with Crippen molar-refractivity contribution in [2.24, 2.45) is 0 Å². The van der Waals surface area contributed by atoms with E-state index >= 15 is 0 Å². The molecular weight excluding hydrogens is 299 g/mol. The molecule has 0 spiro atoms. The summed E-state index contributed by atoms with van der Waals surface area (Å²) in [6.07, 6.45) is 3.02. The molecule has 1 heterocycles. The third-order valence-electron chi connectivity index (χ3n) is 4.05. The molecule has 1 atom stereocenters. The maximum atomic E-state index is 12.6. The van der Waals surface area contributed by atoms with Crippen LogP contribution >= 0.6 is 23.2 Å². The highest BCUT2D eigenvalue weighted by molar-refractivity contribution is 6.44. The molecule has 20 heavy (non-hydrogen) atoms. The SMILES string of the molecule is CC1C(=O)N(c2cccc(Cl)c2Cl)C(=O)N1C1CCC1. The van der Waals surface area contributed by atoms with E-state index in [0.717, 1.165) is 24.2 Å². The second kappa shape index (κ2) is 4.93. The molecule has 4 nitrogen and oxygen atoms in total. The zero-order chi connectivity index (χ0) is 14.4. The van der Waals surface area contributed by atoms with Crippen LogP contribution < -0.4 is 4.90 Å². The van der Waals surface area contributed by atoms with Crippen LogP contribution in [0.5, 0.6) is 0 Å². The van der Waals surface area contributed by atoms with Crippen LogP contribution in [0.15, 0.2) is 18.2 Å². The standard InChI is InChI=1S/C14H14Cl2N2O2/c1-8-13(19)18(11-7-3-6-10(15)12(11)16)14(20)17(8)9-4-2-5-9/h3,6-9H,2,4-5H2,1H3. The summed E-state index contributed by atoms with van der Waals surface area (Å²) in [5.74, 6) is -0.244. The van der Waals surface area contributed by atoms with Gasteiger partial charge in [0.05, 0.1) is 15.7 Å². The molecule has 2 fully saturated rings. The molecule has 0 aromatic heterocycles. The number of halogens is 2. The third-order valence-corrected chi connectivity index (χ3v) is 4.86. The summed E-state index contributed by atoms with van der Waals surface area (Å²) in [6.45, 7) is 1.76. The number of amides is 3. The van der Waals surface area contributed by atoms with Gasteiger partial charge in [0, 0.05) is 6.04 Å². The van der Waals surface area contributed by atoms with E-state index in [2.05, 4.69) is 0 Å². The zero-order valence-electron chi connectivity index (χ0n) is 11.0. The minimum atomic E-state index is -0.442.